The number of nitrogens with two attached hydrogens (primary N) is 1. The average Bonchev–Trinajstić information content (AvgIpc) is 2.96. The van der Waals surface area contributed by atoms with Crippen molar-refractivity contribution in [1.29, 1.82) is 5.26 Å². The number of benzene rings is 2. The molecule has 30 heavy (non-hydrogen) atoms. The maximum atomic E-state index is 12.8. The molecule has 0 aromatic heterocycles. The smallest absolute Gasteiger partial charge is 0.240 e. The number of hydrogen-bond acceptors (Lipinski definition) is 4. The minimum atomic E-state index is -0.596. The molecule has 1 fully saturated rings. The number of nitrogens with zero attached hydrogens (tertiary/aromatic N) is 2. The van der Waals surface area contributed by atoms with Crippen molar-refractivity contribution < 1.29 is 4.79 Å². The third-order valence-electron chi connectivity index (χ3n) is 6.11. The summed E-state index contributed by atoms with van der Waals surface area (Å²) in [6, 6.07) is 18.1. The van der Waals surface area contributed by atoms with Gasteiger partial charge < -0.3 is 16.0 Å². The lowest BCUT2D eigenvalue weighted by molar-refractivity contribution is -0.135. The van der Waals surface area contributed by atoms with Crippen LogP contribution in [0.25, 0.3) is 12.2 Å². The summed E-state index contributed by atoms with van der Waals surface area (Å²) in [5.74, 6) is -0.105. The van der Waals surface area contributed by atoms with Crippen LogP contribution in [0, 0.1) is 11.3 Å². The van der Waals surface area contributed by atoms with Gasteiger partial charge in [0.2, 0.25) is 5.91 Å². The van der Waals surface area contributed by atoms with Gasteiger partial charge in [-0.3, -0.25) is 4.79 Å². The van der Waals surface area contributed by atoms with Crippen molar-refractivity contribution in [3.63, 3.8) is 0 Å². The molecule has 2 aromatic carbocycles. The molecular formula is C25H28N4O. The summed E-state index contributed by atoms with van der Waals surface area (Å²) >= 11 is 0. The molecule has 2 unspecified atom stereocenters. The van der Waals surface area contributed by atoms with E-state index in [2.05, 4.69) is 72.1 Å². The number of likely N-dealkylation sites (tertiary alicyclic amines) is 1. The van der Waals surface area contributed by atoms with E-state index in [9.17, 15) is 10.1 Å². The average molecular weight is 401 g/mol. The second-order valence-electron chi connectivity index (χ2n) is 8.05. The van der Waals surface area contributed by atoms with Crippen molar-refractivity contribution >= 4 is 18.1 Å². The number of fused-ring (bicyclic) bond motifs is 2. The van der Waals surface area contributed by atoms with Gasteiger partial charge in [0.1, 0.15) is 6.04 Å². The highest BCUT2D eigenvalue weighted by Crippen LogP contribution is 2.32. The number of nitrogens with one attached hydrogen (secondary N) is 1. The van der Waals surface area contributed by atoms with E-state index >= 15 is 0 Å². The lowest BCUT2D eigenvalue weighted by Gasteiger charge is -2.33. The Kier molecular flexibility index (Phi) is 6.27. The van der Waals surface area contributed by atoms with E-state index < -0.39 is 6.04 Å². The minimum absolute atomic E-state index is 0.0385. The van der Waals surface area contributed by atoms with E-state index in [1.165, 1.54) is 22.3 Å². The summed E-state index contributed by atoms with van der Waals surface area (Å²) < 4.78 is 0. The Bertz CT molecular complexity index is 928. The quantitative estimate of drug-likeness (QED) is 0.805. The lowest BCUT2D eigenvalue weighted by atomic mass is 9.94. The molecule has 1 amide bonds. The zero-order valence-electron chi connectivity index (χ0n) is 17.1. The summed E-state index contributed by atoms with van der Waals surface area (Å²) in [6.07, 6.45) is 7.52. The van der Waals surface area contributed by atoms with Crippen molar-refractivity contribution in [2.75, 3.05) is 13.1 Å². The molecule has 5 nitrogen and oxygen atoms in total. The second kappa shape index (κ2) is 9.25. The van der Waals surface area contributed by atoms with Crippen molar-refractivity contribution in [2.45, 2.75) is 43.8 Å². The molecule has 0 saturated carbocycles. The van der Waals surface area contributed by atoms with E-state index in [1.54, 1.807) is 4.90 Å². The predicted octanol–water partition coefficient (Wildman–Crippen LogP) is 3.47. The lowest BCUT2D eigenvalue weighted by Crippen LogP contribution is -2.51. The maximum absolute atomic E-state index is 12.8. The van der Waals surface area contributed by atoms with Crippen LogP contribution in [-0.4, -0.2) is 36.0 Å². The highest BCUT2D eigenvalue weighted by molar-refractivity contribution is 5.82. The van der Waals surface area contributed by atoms with Crippen molar-refractivity contribution in [3.8, 4) is 6.07 Å². The molecule has 4 rings (SSSR count). The fourth-order valence-corrected chi connectivity index (χ4v) is 4.47. The van der Waals surface area contributed by atoms with Crippen LogP contribution >= 0.6 is 0 Å². The molecule has 0 bridgehead atoms. The monoisotopic (exact) mass is 400 g/mol. The van der Waals surface area contributed by atoms with Gasteiger partial charge in [-0.25, -0.2) is 0 Å². The van der Waals surface area contributed by atoms with Crippen LogP contribution in [0.5, 0.6) is 0 Å². The first-order valence-electron chi connectivity index (χ1n) is 10.7. The standard InChI is InChI=1S/C25H28N4O/c26-17-20-9-5-6-16-29(20)25(30)23(27)14-15-28-24-21-10-3-1-7-18(21)12-13-19-8-2-4-11-22(19)24/h1-4,7-8,10-13,20,23-24,28H,5-6,9,14-16,27H2. The van der Waals surface area contributed by atoms with Crippen molar-refractivity contribution in [2.24, 2.45) is 5.73 Å². The van der Waals surface area contributed by atoms with Crippen molar-refractivity contribution in [3.05, 3.63) is 70.8 Å². The molecule has 2 atom stereocenters. The Balaban J connectivity index is 1.45. The van der Waals surface area contributed by atoms with Crippen LogP contribution < -0.4 is 11.1 Å². The van der Waals surface area contributed by atoms with Crippen LogP contribution in [0.2, 0.25) is 0 Å². The number of piperidine rings is 1. The van der Waals surface area contributed by atoms with E-state index in [0.717, 1.165) is 19.3 Å². The Labute approximate surface area is 178 Å². The molecule has 2 aromatic rings. The zero-order valence-corrected chi connectivity index (χ0v) is 17.1. The summed E-state index contributed by atoms with van der Waals surface area (Å²) in [4.78, 5) is 14.5. The van der Waals surface area contributed by atoms with Crippen LogP contribution in [0.1, 0.15) is 54.0 Å². The maximum Gasteiger partial charge on any atom is 0.240 e. The summed E-state index contributed by atoms with van der Waals surface area (Å²) in [6.45, 7) is 1.25. The molecule has 1 aliphatic carbocycles. The second-order valence-corrected chi connectivity index (χ2v) is 8.05. The molecule has 0 spiro atoms. The Morgan fingerprint density at radius 1 is 1.10 bits per heavy atom. The van der Waals surface area contributed by atoms with Gasteiger partial charge in [-0.15, -0.1) is 0 Å². The topological polar surface area (TPSA) is 82.2 Å². The van der Waals surface area contributed by atoms with Gasteiger partial charge in [0, 0.05) is 6.54 Å². The minimum Gasteiger partial charge on any atom is -0.325 e. The van der Waals surface area contributed by atoms with Gasteiger partial charge in [0.05, 0.1) is 18.2 Å². The zero-order chi connectivity index (χ0) is 20.9. The van der Waals surface area contributed by atoms with Gasteiger partial charge >= 0.3 is 0 Å². The van der Waals surface area contributed by atoms with Crippen LogP contribution in [0.3, 0.4) is 0 Å². The summed E-state index contributed by atoms with van der Waals surface area (Å²) in [7, 11) is 0. The summed E-state index contributed by atoms with van der Waals surface area (Å²) in [5.41, 5.74) is 11.1. The Hall–Kier alpha value is -2.94. The number of amides is 1. The predicted molar refractivity (Wildman–Crippen MR) is 119 cm³/mol. The highest BCUT2D eigenvalue weighted by Gasteiger charge is 2.30. The number of nitriles is 1. The Morgan fingerprint density at radius 2 is 1.73 bits per heavy atom. The van der Waals surface area contributed by atoms with Gasteiger partial charge in [-0.1, -0.05) is 60.7 Å². The molecule has 2 aliphatic rings. The van der Waals surface area contributed by atoms with Gasteiger partial charge in [0.15, 0.2) is 0 Å². The highest BCUT2D eigenvalue weighted by atomic mass is 16.2. The fraction of sp³-hybridized carbons (Fsp3) is 0.360. The molecular weight excluding hydrogens is 372 g/mol. The fourth-order valence-electron chi connectivity index (χ4n) is 4.47. The molecule has 1 aliphatic heterocycles. The first kappa shape index (κ1) is 20.3. The van der Waals surface area contributed by atoms with E-state index in [0.29, 0.717) is 19.5 Å². The van der Waals surface area contributed by atoms with Crippen LogP contribution in [0.4, 0.5) is 0 Å². The van der Waals surface area contributed by atoms with Crippen molar-refractivity contribution in [1.82, 2.24) is 10.2 Å². The van der Waals surface area contributed by atoms with Crippen LogP contribution in [-0.2, 0) is 4.79 Å². The van der Waals surface area contributed by atoms with Gasteiger partial charge in [-0.2, -0.15) is 5.26 Å². The number of carbonyl (C=O) groups is 1. The Morgan fingerprint density at radius 3 is 2.37 bits per heavy atom. The van der Waals surface area contributed by atoms with Gasteiger partial charge in [0.25, 0.3) is 0 Å². The molecule has 0 radical (unpaired) electrons. The largest absolute Gasteiger partial charge is 0.325 e. The van der Waals surface area contributed by atoms with Gasteiger partial charge in [-0.05, 0) is 54.5 Å². The SMILES string of the molecule is N#CC1CCCCN1C(=O)C(N)CCNC1c2ccccc2C=Cc2ccccc21. The molecule has 3 N–H and O–H groups in total. The van der Waals surface area contributed by atoms with E-state index in [1.807, 2.05) is 0 Å². The van der Waals surface area contributed by atoms with E-state index in [-0.39, 0.29) is 18.0 Å². The number of rotatable bonds is 5. The first-order valence-corrected chi connectivity index (χ1v) is 10.7. The summed E-state index contributed by atoms with van der Waals surface area (Å²) in [5, 5.41) is 13.0. The molecule has 1 saturated heterocycles. The first-order chi connectivity index (χ1) is 14.7. The third-order valence-corrected chi connectivity index (χ3v) is 6.11. The third kappa shape index (κ3) is 4.16. The molecule has 5 heteroatoms. The molecule has 154 valence electrons. The number of carbonyl (C=O) groups excluding carboxylic acids is 1. The van der Waals surface area contributed by atoms with E-state index in [4.69, 9.17) is 5.73 Å². The number of hydrogen-bond donors (Lipinski definition) is 2. The molecule has 1 heterocycles. The normalized spacial score (nSPS) is 19.3. The van der Waals surface area contributed by atoms with Crippen LogP contribution in [0.15, 0.2) is 48.5 Å².